The second kappa shape index (κ2) is 20.9. The van der Waals surface area contributed by atoms with Gasteiger partial charge in [0.15, 0.2) is 11.6 Å². The van der Waals surface area contributed by atoms with Crippen molar-refractivity contribution in [3.05, 3.63) is 23.4 Å². The van der Waals surface area contributed by atoms with Gasteiger partial charge in [-0.3, -0.25) is 9.59 Å². The number of esters is 1. The molecule has 12 heteroatoms. The maximum atomic E-state index is 12.8. The number of aliphatic carboxylic acids is 1. The zero-order valence-corrected chi connectivity index (χ0v) is 31.2. The highest BCUT2D eigenvalue weighted by Crippen LogP contribution is 2.36. The summed E-state index contributed by atoms with van der Waals surface area (Å²) in [6, 6.07) is 0. The topological polar surface area (TPSA) is 166 Å². The molecule has 0 spiro atoms. The lowest BCUT2D eigenvalue weighted by Crippen LogP contribution is -2.25. The predicted molar refractivity (Wildman–Crippen MR) is 190 cm³/mol. The molecule has 0 radical (unpaired) electrons. The molecule has 4 rings (SSSR count). The van der Waals surface area contributed by atoms with Gasteiger partial charge in [-0.2, -0.15) is 9.97 Å². The smallest absolute Gasteiger partial charge is 0.307 e. The van der Waals surface area contributed by atoms with Crippen LogP contribution in [0.1, 0.15) is 179 Å². The first kappa shape index (κ1) is 39.9. The third kappa shape index (κ3) is 14.8. The van der Waals surface area contributed by atoms with Gasteiger partial charge in [-0.25, -0.2) is 0 Å². The molecule has 2 heterocycles. The van der Waals surface area contributed by atoms with E-state index in [1.807, 2.05) is 27.7 Å². The van der Waals surface area contributed by atoms with E-state index >= 15 is 0 Å². The van der Waals surface area contributed by atoms with Gasteiger partial charge in [0.2, 0.25) is 11.8 Å². The second-order valence-electron chi connectivity index (χ2n) is 15.9. The number of carbonyl (C=O) groups is 2. The Morgan fingerprint density at radius 1 is 0.800 bits per heavy atom. The normalized spacial score (nSPS) is 20.1. The summed E-state index contributed by atoms with van der Waals surface area (Å²) in [7, 11) is 0. The van der Waals surface area contributed by atoms with Crippen LogP contribution in [0.15, 0.2) is 9.05 Å². The lowest BCUT2D eigenvalue weighted by molar-refractivity contribution is -0.155. The van der Waals surface area contributed by atoms with Crippen molar-refractivity contribution in [1.82, 2.24) is 30.9 Å². The third-order valence-electron chi connectivity index (χ3n) is 10.4. The fourth-order valence-electron chi connectivity index (χ4n) is 7.88. The van der Waals surface area contributed by atoms with E-state index in [-0.39, 0.29) is 30.6 Å². The number of hydrogen-bond acceptors (Lipinski definition) is 11. The van der Waals surface area contributed by atoms with Crippen LogP contribution in [0.5, 0.6) is 0 Å². The molecule has 4 atom stereocenters. The highest BCUT2D eigenvalue weighted by molar-refractivity contribution is 5.70. The molecule has 2 fully saturated rings. The fraction of sp³-hybridized carbons (Fsp3) is 0.842. The molecule has 2 aliphatic rings. The minimum absolute atomic E-state index is 0.00842. The van der Waals surface area contributed by atoms with Crippen LogP contribution < -0.4 is 10.6 Å². The van der Waals surface area contributed by atoms with Crippen molar-refractivity contribution in [3.8, 4) is 0 Å². The summed E-state index contributed by atoms with van der Waals surface area (Å²) in [6.07, 6.45) is 18.9. The van der Waals surface area contributed by atoms with Gasteiger partial charge in [0.25, 0.3) is 0 Å². The van der Waals surface area contributed by atoms with E-state index in [1.165, 1.54) is 64.2 Å². The summed E-state index contributed by atoms with van der Waals surface area (Å²) < 4.78 is 16.8. The molecule has 2 aliphatic carbocycles. The van der Waals surface area contributed by atoms with E-state index in [4.69, 9.17) is 18.8 Å². The monoisotopic (exact) mass is 700 g/mol. The summed E-state index contributed by atoms with van der Waals surface area (Å²) >= 11 is 0. The Morgan fingerprint density at radius 2 is 1.36 bits per heavy atom. The van der Waals surface area contributed by atoms with E-state index in [0.29, 0.717) is 48.4 Å². The summed E-state index contributed by atoms with van der Waals surface area (Å²) in [4.78, 5) is 33.5. The second-order valence-corrected chi connectivity index (χ2v) is 15.9. The van der Waals surface area contributed by atoms with Gasteiger partial charge in [0, 0.05) is 11.8 Å². The number of nitrogens with one attached hydrogen (secondary N) is 2. The Balaban J connectivity index is 1.18. The molecule has 0 bridgehead atoms. The number of ether oxygens (including phenoxy) is 1. The molecule has 282 valence electrons. The largest absolute Gasteiger partial charge is 0.481 e. The molecule has 3 N–H and O–H groups in total. The van der Waals surface area contributed by atoms with Crippen LogP contribution in [0, 0.1) is 17.8 Å². The predicted octanol–water partition coefficient (Wildman–Crippen LogP) is 7.84. The SMILES string of the molecule is CCNCc1noc([C@H](CCCC2CCCC(CCNCc3noc([C@H](CCCC4CCCCC4)CC(=O)OC(C)(C)C)n3)C2)CC(=O)O)n1. The Morgan fingerprint density at radius 3 is 1.96 bits per heavy atom. The van der Waals surface area contributed by atoms with Gasteiger partial charge in [-0.05, 0) is 77.3 Å². The molecule has 0 amide bonds. The molecule has 0 aliphatic heterocycles. The number of carbonyl (C=O) groups excluding carboxylic acids is 1. The molecule has 2 aromatic heterocycles. The maximum Gasteiger partial charge on any atom is 0.307 e. The molecule has 0 aromatic carbocycles. The van der Waals surface area contributed by atoms with Gasteiger partial charge < -0.3 is 29.5 Å². The molecule has 2 saturated carbocycles. The first-order chi connectivity index (χ1) is 24.1. The summed E-state index contributed by atoms with van der Waals surface area (Å²) in [5.74, 6) is 2.89. The van der Waals surface area contributed by atoms with E-state index < -0.39 is 11.6 Å². The Hall–Kier alpha value is -2.86. The summed E-state index contributed by atoms with van der Waals surface area (Å²) in [6.45, 7) is 10.5. The zero-order chi connectivity index (χ0) is 35.8. The highest BCUT2D eigenvalue weighted by Gasteiger charge is 2.28. The van der Waals surface area contributed by atoms with Gasteiger partial charge >= 0.3 is 11.9 Å². The van der Waals surface area contributed by atoms with Crippen molar-refractivity contribution in [2.45, 2.75) is 174 Å². The highest BCUT2D eigenvalue weighted by atomic mass is 16.6. The van der Waals surface area contributed by atoms with Crippen LogP contribution in [0.2, 0.25) is 0 Å². The van der Waals surface area contributed by atoms with Crippen molar-refractivity contribution in [3.63, 3.8) is 0 Å². The van der Waals surface area contributed by atoms with E-state index in [0.717, 1.165) is 57.5 Å². The lowest BCUT2D eigenvalue weighted by Gasteiger charge is -2.29. The van der Waals surface area contributed by atoms with Crippen molar-refractivity contribution in [2.75, 3.05) is 13.1 Å². The standard InChI is InChI=1S/C38H64N6O6/c1-5-39-25-32-41-36(49-43-32)30(23-34(45)46)18-11-17-28-15-9-16-29(22-28)20-21-40-26-33-42-37(50-44-33)31(24-35(47)48-38(2,3)4)19-10-14-27-12-7-6-8-13-27/h27-31,39-40H,5-26H2,1-4H3,(H,45,46)/t28?,29?,30-,31-/m1/s1. The molecule has 12 nitrogen and oxygen atoms in total. The van der Waals surface area contributed by atoms with Crippen LogP contribution >= 0.6 is 0 Å². The van der Waals surface area contributed by atoms with Crippen molar-refractivity contribution >= 4 is 11.9 Å². The molecule has 0 saturated heterocycles. The average molecular weight is 701 g/mol. The van der Waals surface area contributed by atoms with Crippen LogP contribution in [0.3, 0.4) is 0 Å². The quantitative estimate of drug-likeness (QED) is 0.0806. The molecular formula is C38H64N6O6. The first-order valence-electron chi connectivity index (χ1n) is 19.6. The molecule has 50 heavy (non-hydrogen) atoms. The Kier molecular flexibility index (Phi) is 16.7. The van der Waals surface area contributed by atoms with Crippen LogP contribution in [-0.4, -0.2) is 56.0 Å². The molecular weight excluding hydrogens is 636 g/mol. The number of nitrogens with zero attached hydrogens (tertiary/aromatic N) is 4. The number of carboxylic acid groups (broad SMARTS) is 1. The number of rotatable bonds is 22. The number of carboxylic acids is 1. The maximum absolute atomic E-state index is 12.8. The van der Waals surface area contributed by atoms with Crippen LogP contribution in [0.25, 0.3) is 0 Å². The zero-order valence-electron chi connectivity index (χ0n) is 31.2. The van der Waals surface area contributed by atoms with Crippen LogP contribution in [0.4, 0.5) is 0 Å². The van der Waals surface area contributed by atoms with Crippen molar-refractivity contribution < 1.29 is 28.5 Å². The minimum atomic E-state index is -0.839. The van der Waals surface area contributed by atoms with Crippen molar-refractivity contribution in [1.29, 1.82) is 0 Å². The van der Waals surface area contributed by atoms with Gasteiger partial charge in [0.05, 0.1) is 25.9 Å². The van der Waals surface area contributed by atoms with Crippen molar-refractivity contribution in [2.24, 2.45) is 17.8 Å². The van der Waals surface area contributed by atoms with Gasteiger partial charge in [-0.15, -0.1) is 0 Å². The Bertz CT molecular complexity index is 1270. The van der Waals surface area contributed by atoms with E-state index in [2.05, 4.69) is 25.9 Å². The molecule has 2 aromatic rings. The van der Waals surface area contributed by atoms with E-state index in [1.54, 1.807) is 0 Å². The minimum Gasteiger partial charge on any atom is -0.481 e. The van der Waals surface area contributed by atoms with Crippen LogP contribution in [-0.2, 0) is 27.4 Å². The summed E-state index contributed by atoms with van der Waals surface area (Å²) in [5.41, 5.74) is -0.524. The Labute approximate surface area is 299 Å². The van der Waals surface area contributed by atoms with Gasteiger partial charge in [0.1, 0.15) is 5.60 Å². The third-order valence-corrected chi connectivity index (χ3v) is 10.4. The molecule has 2 unspecified atom stereocenters. The lowest BCUT2D eigenvalue weighted by atomic mass is 9.77. The fourth-order valence-corrected chi connectivity index (χ4v) is 7.88. The van der Waals surface area contributed by atoms with Gasteiger partial charge in [-0.1, -0.05) is 94.3 Å². The summed E-state index contributed by atoms with van der Waals surface area (Å²) in [5, 5.41) is 24.5. The number of aromatic nitrogens is 4. The number of hydrogen-bond donors (Lipinski definition) is 3. The first-order valence-corrected chi connectivity index (χ1v) is 19.6. The average Bonchev–Trinajstić information content (AvgIpc) is 3.75. The van der Waals surface area contributed by atoms with E-state index in [9.17, 15) is 14.7 Å².